The molecule has 2 nitrogen and oxygen atoms in total. The molecule has 0 spiro atoms. The van der Waals surface area contributed by atoms with Crippen molar-refractivity contribution in [3.63, 3.8) is 0 Å². The molecule has 0 aliphatic heterocycles. The van der Waals surface area contributed by atoms with Gasteiger partial charge in [0.1, 0.15) is 0 Å². The van der Waals surface area contributed by atoms with Crippen molar-refractivity contribution < 1.29 is 0 Å². The molecule has 0 bridgehead atoms. The zero-order valence-electron chi connectivity index (χ0n) is 6.25. The maximum absolute atomic E-state index is 4.24. The monoisotopic (exact) mass is 136 g/mol. The van der Waals surface area contributed by atoms with Crippen molar-refractivity contribution in [3.05, 3.63) is 18.5 Å². The Labute approximate surface area is 60.9 Å². The molecule has 0 amide bonds. The van der Waals surface area contributed by atoms with Gasteiger partial charge in [0.05, 0.1) is 5.54 Å². The first kappa shape index (κ1) is 5.96. The molecule has 1 aromatic heterocycles. The lowest BCUT2D eigenvalue weighted by Gasteiger charge is -2.11. The Bertz CT molecular complexity index is 209. The molecule has 0 N–H and O–H groups in total. The van der Waals surface area contributed by atoms with Crippen LogP contribution in [0.3, 0.4) is 0 Å². The molecular weight excluding hydrogens is 124 g/mol. The third-order valence-electron chi connectivity index (χ3n) is 2.48. The van der Waals surface area contributed by atoms with Gasteiger partial charge < -0.3 is 0 Å². The molecule has 10 heavy (non-hydrogen) atoms. The van der Waals surface area contributed by atoms with Crippen LogP contribution in [0.4, 0.5) is 0 Å². The van der Waals surface area contributed by atoms with Gasteiger partial charge in [0.25, 0.3) is 0 Å². The Kier molecular flexibility index (Phi) is 1.10. The highest BCUT2D eigenvalue weighted by Crippen LogP contribution is 2.45. The highest BCUT2D eigenvalue weighted by molar-refractivity contribution is 4.99. The summed E-state index contributed by atoms with van der Waals surface area (Å²) in [4.78, 5) is 0. The fourth-order valence-electron chi connectivity index (χ4n) is 1.44. The highest BCUT2D eigenvalue weighted by atomic mass is 15.3. The first-order chi connectivity index (χ1) is 4.87. The van der Waals surface area contributed by atoms with Crippen molar-refractivity contribution in [2.24, 2.45) is 0 Å². The lowest BCUT2D eigenvalue weighted by molar-refractivity contribution is 0.418. The van der Waals surface area contributed by atoms with Gasteiger partial charge in [-0.2, -0.15) is 5.10 Å². The topological polar surface area (TPSA) is 17.8 Å². The molecule has 1 aliphatic carbocycles. The first-order valence-corrected chi connectivity index (χ1v) is 3.87. The lowest BCUT2D eigenvalue weighted by Crippen LogP contribution is -2.15. The van der Waals surface area contributed by atoms with Gasteiger partial charge in [-0.15, -0.1) is 0 Å². The van der Waals surface area contributed by atoms with Gasteiger partial charge in [-0.25, -0.2) is 0 Å². The second-order valence-electron chi connectivity index (χ2n) is 3.03. The van der Waals surface area contributed by atoms with E-state index >= 15 is 0 Å². The summed E-state index contributed by atoms with van der Waals surface area (Å²) in [6, 6.07) is 2.00. The van der Waals surface area contributed by atoms with E-state index in [9.17, 15) is 0 Å². The molecule has 2 heteroatoms. The van der Waals surface area contributed by atoms with Crippen LogP contribution in [-0.2, 0) is 5.54 Å². The van der Waals surface area contributed by atoms with Crippen molar-refractivity contribution in [1.82, 2.24) is 9.78 Å². The highest BCUT2D eigenvalue weighted by Gasteiger charge is 2.42. The number of rotatable bonds is 2. The van der Waals surface area contributed by atoms with E-state index in [0.717, 1.165) is 0 Å². The minimum absolute atomic E-state index is 0.420. The van der Waals surface area contributed by atoms with Crippen LogP contribution < -0.4 is 0 Å². The van der Waals surface area contributed by atoms with Gasteiger partial charge in [0, 0.05) is 12.4 Å². The number of nitrogens with zero attached hydrogens (tertiary/aromatic N) is 2. The fraction of sp³-hybridized carbons (Fsp3) is 0.625. The zero-order valence-corrected chi connectivity index (χ0v) is 6.25. The van der Waals surface area contributed by atoms with Gasteiger partial charge >= 0.3 is 0 Å². The molecular formula is C8H12N2. The van der Waals surface area contributed by atoms with Crippen molar-refractivity contribution >= 4 is 0 Å². The number of aromatic nitrogens is 2. The molecule has 1 saturated carbocycles. The van der Waals surface area contributed by atoms with E-state index in [-0.39, 0.29) is 0 Å². The van der Waals surface area contributed by atoms with E-state index < -0.39 is 0 Å². The van der Waals surface area contributed by atoms with Crippen molar-refractivity contribution in [2.75, 3.05) is 0 Å². The van der Waals surface area contributed by atoms with E-state index in [1.54, 1.807) is 0 Å². The summed E-state index contributed by atoms with van der Waals surface area (Å²) in [5, 5.41) is 4.24. The van der Waals surface area contributed by atoms with Crippen molar-refractivity contribution in [3.8, 4) is 0 Å². The van der Waals surface area contributed by atoms with Gasteiger partial charge in [0.15, 0.2) is 0 Å². The maximum Gasteiger partial charge on any atom is 0.0626 e. The predicted molar refractivity (Wildman–Crippen MR) is 39.7 cm³/mol. The molecule has 1 aromatic rings. The largest absolute Gasteiger partial charge is 0.267 e. The van der Waals surface area contributed by atoms with E-state index in [1.165, 1.54) is 19.3 Å². The predicted octanol–water partition coefficient (Wildman–Crippen LogP) is 1.78. The van der Waals surface area contributed by atoms with Crippen LogP contribution >= 0.6 is 0 Å². The van der Waals surface area contributed by atoms with E-state index in [0.29, 0.717) is 5.54 Å². The Hall–Kier alpha value is -0.790. The smallest absolute Gasteiger partial charge is 0.0626 e. The quantitative estimate of drug-likeness (QED) is 0.606. The lowest BCUT2D eigenvalue weighted by atomic mass is 10.2. The van der Waals surface area contributed by atoms with Crippen LogP contribution in [0.2, 0.25) is 0 Å². The van der Waals surface area contributed by atoms with E-state index in [2.05, 4.69) is 22.9 Å². The van der Waals surface area contributed by atoms with Crippen LogP contribution in [0.5, 0.6) is 0 Å². The summed E-state index contributed by atoms with van der Waals surface area (Å²) in [5.74, 6) is 0. The summed E-state index contributed by atoms with van der Waals surface area (Å²) in [7, 11) is 0. The Morgan fingerprint density at radius 2 is 2.40 bits per heavy atom. The standard InChI is InChI=1S/C8H12N2/c1-2-8(4-5-8)10-7-3-6-9-10/h3,6-7H,2,4-5H2,1H3. The molecule has 0 radical (unpaired) electrons. The van der Waals surface area contributed by atoms with Gasteiger partial charge in [-0.1, -0.05) is 6.92 Å². The molecule has 0 unspecified atom stereocenters. The minimum atomic E-state index is 0.420. The normalized spacial score (nSPS) is 20.9. The molecule has 0 aromatic carbocycles. The summed E-state index contributed by atoms with van der Waals surface area (Å²) in [5.41, 5.74) is 0.420. The van der Waals surface area contributed by atoms with Gasteiger partial charge in [-0.05, 0) is 25.3 Å². The van der Waals surface area contributed by atoms with Crippen LogP contribution in [-0.4, -0.2) is 9.78 Å². The van der Waals surface area contributed by atoms with Gasteiger partial charge in [0.2, 0.25) is 0 Å². The second kappa shape index (κ2) is 1.84. The SMILES string of the molecule is CCC1(n2cccn2)CC1. The Balaban J connectivity index is 2.27. The summed E-state index contributed by atoms with van der Waals surface area (Å²) in [6.07, 6.45) is 7.76. The van der Waals surface area contributed by atoms with Crippen LogP contribution in [0.15, 0.2) is 18.5 Å². The first-order valence-electron chi connectivity index (χ1n) is 3.87. The molecule has 0 saturated heterocycles. The van der Waals surface area contributed by atoms with Gasteiger partial charge in [-0.3, -0.25) is 4.68 Å². The fourth-order valence-corrected chi connectivity index (χ4v) is 1.44. The van der Waals surface area contributed by atoms with Crippen LogP contribution in [0.25, 0.3) is 0 Å². The third kappa shape index (κ3) is 0.681. The van der Waals surface area contributed by atoms with Crippen LogP contribution in [0.1, 0.15) is 26.2 Å². The molecule has 1 fully saturated rings. The van der Waals surface area contributed by atoms with Crippen LogP contribution in [0, 0.1) is 0 Å². The molecule has 2 rings (SSSR count). The summed E-state index contributed by atoms with van der Waals surface area (Å²) < 4.78 is 2.10. The molecule has 0 atom stereocenters. The zero-order chi connectivity index (χ0) is 7.03. The average molecular weight is 136 g/mol. The number of hydrogen-bond donors (Lipinski definition) is 0. The summed E-state index contributed by atoms with van der Waals surface area (Å²) in [6.45, 7) is 2.23. The molecule has 54 valence electrons. The summed E-state index contributed by atoms with van der Waals surface area (Å²) >= 11 is 0. The van der Waals surface area contributed by atoms with E-state index in [1.807, 2.05) is 12.3 Å². The van der Waals surface area contributed by atoms with Crippen molar-refractivity contribution in [1.29, 1.82) is 0 Å². The minimum Gasteiger partial charge on any atom is -0.267 e. The maximum atomic E-state index is 4.24. The van der Waals surface area contributed by atoms with Crippen molar-refractivity contribution in [2.45, 2.75) is 31.7 Å². The Morgan fingerprint density at radius 3 is 2.80 bits per heavy atom. The molecule has 1 aliphatic rings. The average Bonchev–Trinajstić information content (AvgIpc) is 2.58. The third-order valence-corrected chi connectivity index (χ3v) is 2.48. The second-order valence-corrected chi connectivity index (χ2v) is 3.03. The number of hydrogen-bond acceptors (Lipinski definition) is 1. The molecule has 1 heterocycles. The Morgan fingerprint density at radius 1 is 1.60 bits per heavy atom. The van der Waals surface area contributed by atoms with E-state index in [4.69, 9.17) is 0 Å².